The Labute approximate surface area is 340 Å². The van der Waals surface area contributed by atoms with Crippen molar-refractivity contribution < 1.29 is 27.8 Å². The van der Waals surface area contributed by atoms with Crippen molar-refractivity contribution in [1.82, 2.24) is 19.3 Å². The van der Waals surface area contributed by atoms with E-state index in [9.17, 15) is 19.1 Å². The Morgan fingerprint density at radius 1 is 0.982 bits per heavy atom. The number of ether oxygens (including phenoxy) is 2. The first-order valence-corrected chi connectivity index (χ1v) is 22.7. The molecule has 3 aromatic rings. The van der Waals surface area contributed by atoms with E-state index in [1.807, 2.05) is 18.2 Å². The number of nitrogens with two attached hydrogens (primary N) is 1. The van der Waals surface area contributed by atoms with Gasteiger partial charge in [-0.2, -0.15) is 10.4 Å². The largest absolute Gasteiger partial charge is 0.405 e. The molecule has 14 heteroatoms. The summed E-state index contributed by atoms with van der Waals surface area (Å²) in [6.45, 7) is 5.97. The fourth-order valence-corrected chi connectivity index (χ4v) is 8.40. The van der Waals surface area contributed by atoms with Crippen molar-refractivity contribution in [3.8, 4) is 12.6 Å². The molecule has 4 unspecified atom stereocenters. The van der Waals surface area contributed by atoms with Crippen LogP contribution in [0.5, 0.6) is 0 Å². The molecule has 316 valence electrons. The first kappa shape index (κ1) is 48.0. The van der Waals surface area contributed by atoms with Crippen molar-refractivity contribution in [3.05, 3.63) is 59.3 Å². The molecule has 0 saturated carbocycles. The number of hydrogen-bond donors (Lipinski definition) is 2. The van der Waals surface area contributed by atoms with Gasteiger partial charge in [0.25, 0.3) is 0 Å². The summed E-state index contributed by atoms with van der Waals surface area (Å²) < 4.78 is 48.6. The van der Waals surface area contributed by atoms with Crippen LogP contribution >= 0.6 is 7.75 Å². The highest BCUT2D eigenvalue weighted by Gasteiger charge is 2.34. The maximum absolute atomic E-state index is 14.1. The Kier molecular flexibility index (Phi) is 23.0. The summed E-state index contributed by atoms with van der Waals surface area (Å²) in [5.41, 5.74) is 8.29. The third-order valence-corrected chi connectivity index (χ3v) is 12.2. The minimum atomic E-state index is -4.18. The SMILES string of the molecule is C#N.CCCCCCCCCCCCCCCCCCCCC(CN(C)P(=O)(O)OCC1CCC(c2ccc3c(N)ncnn23)O1)OCc1cc(F)cc(C#N)c1. The molecule has 4 atom stereocenters. The lowest BCUT2D eigenvalue weighted by molar-refractivity contribution is 0.00335. The summed E-state index contributed by atoms with van der Waals surface area (Å²) in [6, 6.07) is 9.89. The number of rotatable bonds is 29. The van der Waals surface area contributed by atoms with E-state index >= 15 is 0 Å². The van der Waals surface area contributed by atoms with Crippen LogP contribution in [-0.4, -0.2) is 56.6 Å². The van der Waals surface area contributed by atoms with Crippen molar-refractivity contribution in [2.24, 2.45) is 0 Å². The number of benzene rings is 1. The molecule has 0 amide bonds. The lowest BCUT2D eigenvalue weighted by atomic mass is 10.0. The van der Waals surface area contributed by atoms with Gasteiger partial charge in [0.05, 0.1) is 42.7 Å². The van der Waals surface area contributed by atoms with Crippen LogP contribution in [0.15, 0.2) is 36.7 Å². The van der Waals surface area contributed by atoms with E-state index in [0.29, 0.717) is 36.2 Å². The van der Waals surface area contributed by atoms with Gasteiger partial charge in [-0.3, -0.25) is 4.52 Å². The minimum Gasteiger partial charge on any atom is -0.382 e. The molecule has 2 aromatic heterocycles. The number of likely N-dealkylation sites (N-methyl/N-ethyl adjacent to an activating group) is 1. The third kappa shape index (κ3) is 17.5. The molecule has 57 heavy (non-hydrogen) atoms. The minimum absolute atomic E-state index is 0.0416. The Morgan fingerprint density at radius 3 is 2.18 bits per heavy atom. The van der Waals surface area contributed by atoms with Gasteiger partial charge in [0, 0.05) is 13.1 Å². The maximum atomic E-state index is 14.1. The Morgan fingerprint density at radius 2 is 1.58 bits per heavy atom. The highest BCUT2D eigenvalue weighted by Crippen LogP contribution is 2.46. The second kappa shape index (κ2) is 27.3. The van der Waals surface area contributed by atoms with Gasteiger partial charge in [0.1, 0.15) is 23.8 Å². The Hall–Kier alpha value is -3.42. The van der Waals surface area contributed by atoms with E-state index in [4.69, 9.17) is 25.0 Å². The lowest BCUT2D eigenvalue weighted by Crippen LogP contribution is -2.30. The van der Waals surface area contributed by atoms with Crippen molar-refractivity contribution >= 4 is 19.1 Å². The number of hydrogen-bond acceptors (Lipinski definition) is 9. The summed E-state index contributed by atoms with van der Waals surface area (Å²) in [5, 5.41) is 20.1. The Balaban J connectivity index is 0.00000428. The van der Waals surface area contributed by atoms with E-state index in [1.165, 1.54) is 119 Å². The fraction of sp³-hybridized carbons (Fsp3) is 0.674. The zero-order valence-electron chi connectivity index (χ0n) is 34.4. The van der Waals surface area contributed by atoms with Gasteiger partial charge in [-0.25, -0.2) is 28.4 Å². The van der Waals surface area contributed by atoms with Crippen molar-refractivity contribution in [1.29, 1.82) is 10.5 Å². The molecule has 0 radical (unpaired) electrons. The monoisotopic (exact) mass is 811 g/mol. The molecule has 1 aromatic carbocycles. The smallest absolute Gasteiger partial charge is 0.382 e. The summed E-state index contributed by atoms with van der Waals surface area (Å²) >= 11 is 0. The van der Waals surface area contributed by atoms with Crippen LogP contribution < -0.4 is 5.73 Å². The van der Waals surface area contributed by atoms with Crippen LogP contribution in [0.2, 0.25) is 0 Å². The molecule has 3 N–H and O–H groups in total. The zero-order valence-corrected chi connectivity index (χ0v) is 35.3. The van der Waals surface area contributed by atoms with E-state index in [0.717, 1.165) is 25.0 Å². The molecule has 0 aliphatic carbocycles. The van der Waals surface area contributed by atoms with Crippen LogP contribution in [0.25, 0.3) is 5.52 Å². The maximum Gasteiger partial charge on any atom is 0.405 e. The van der Waals surface area contributed by atoms with Crippen LogP contribution in [-0.2, 0) is 25.2 Å². The normalized spacial score (nSPS) is 16.9. The second-order valence-corrected chi connectivity index (χ2v) is 17.3. The second-order valence-electron chi connectivity index (χ2n) is 15.3. The molecule has 1 aliphatic rings. The number of nitrogens with zero attached hydrogens (tertiary/aromatic N) is 6. The average molecular weight is 812 g/mol. The highest BCUT2D eigenvalue weighted by atomic mass is 31.2. The van der Waals surface area contributed by atoms with Gasteiger partial charge in [-0.1, -0.05) is 122 Å². The number of anilines is 1. The first-order valence-electron chi connectivity index (χ1n) is 21.2. The topological polar surface area (TPSA) is 172 Å². The van der Waals surface area contributed by atoms with Crippen LogP contribution in [0.4, 0.5) is 10.2 Å². The van der Waals surface area contributed by atoms with Crippen LogP contribution in [0.3, 0.4) is 0 Å². The summed E-state index contributed by atoms with van der Waals surface area (Å²) in [7, 11) is -2.63. The molecule has 0 bridgehead atoms. The molecular formula is C43H67FN7O5P. The summed E-state index contributed by atoms with van der Waals surface area (Å²) in [5.74, 6) is -0.115. The van der Waals surface area contributed by atoms with Gasteiger partial charge >= 0.3 is 7.75 Å². The average Bonchev–Trinajstić information content (AvgIpc) is 3.87. The Bertz CT molecular complexity index is 1680. The van der Waals surface area contributed by atoms with E-state index in [2.05, 4.69) is 23.6 Å². The molecule has 1 saturated heterocycles. The predicted molar refractivity (Wildman–Crippen MR) is 222 cm³/mol. The molecular weight excluding hydrogens is 744 g/mol. The number of nitriles is 2. The number of fused-ring (bicyclic) bond motifs is 1. The van der Waals surface area contributed by atoms with Crippen molar-refractivity contribution in [2.45, 2.75) is 167 Å². The summed E-state index contributed by atoms with van der Waals surface area (Å²) in [6.07, 6.45) is 25.8. The van der Waals surface area contributed by atoms with Crippen molar-refractivity contribution in [3.63, 3.8) is 0 Å². The van der Waals surface area contributed by atoms with Crippen LogP contribution in [0.1, 0.15) is 165 Å². The van der Waals surface area contributed by atoms with Gasteiger partial charge in [0.15, 0.2) is 5.82 Å². The zero-order chi connectivity index (χ0) is 41.3. The molecule has 1 fully saturated rings. The van der Waals surface area contributed by atoms with E-state index in [1.54, 1.807) is 17.6 Å². The fourth-order valence-electron chi connectivity index (χ4n) is 7.45. The van der Waals surface area contributed by atoms with E-state index in [-0.39, 0.29) is 37.5 Å². The molecule has 4 rings (SSSR count). The van der Waals surface area contributed by atoms with Gasteiger partial charge in [0.2, 0.25) is 0 Å². The lowest BCUT2D eigenvalue weighted by Gasteiger charge is -2.28. The highest BCUT2D eigenvalue weighted by molar-refractivity contribution is 7.50. The number of unbranched alkanes of at least 4 members (excludes halogenated alkanes) is 17. The van der Waals surface area contributed by atoms with Gasteiger partial charge < -0.3 is 20.1 Å². The molecule has 3 heterocycles. The number of aromatic nitrogens is 3. The van der Waals surface area contributed by atoms with Crippen molar-refractivity contribution in [2.75, 3.05) is 25.9 Å². The quantitative estimate of drug-likeness (QED) is 0.0505. The third-order valence-electron chi connectivity index (χ3n) is 10.7. The van der Waals surface area contributed by atoms with E-state index < -0.39 is 19.7 Å². The molecule has 1 aliphatic heterocycles. The van der Waals surface area contributed by atoms with Crippen LogP contribution in [0, 0.1) is 29.0 Å². The number of nitrogen functional groups attached to an aromatic ring is 1. The summed E-state index contributed by atoms with van der Waals surface area (Å²) in [4.78, 5) is 15.0. The standard InChI is InChI=1S/C42H66FN6O5P.CHN/c1-3-4-5-6-7-8-9-10-11-12-13-14-15-16-17-18-19-20-21-37(52-31-35-26-34(29-44)27-36(43)28-35)30-48(2)55(50,51)53-32-38-22-25-41(54-38)39-23-24-40-42(45)46-33-47-49(39)40;1-2/h23-24,26-28,33,37-38,41H,3-22,25,30-32H2,1-2H3,(H,50,51)(H2,45,46,47);1H. The molecule has 12 nitrogen and oxygen atoms in total. The number of halogens is 1. The van der Waals surface area contributed by atoms with Gasteiger partial charge in [-0.15, -0.1) is 0 Å². The first-order chi connectivity index (χ1) is 27.7. The molecule has 0 spiro atoms. The van der Waals surface area contributed by atoms with Gasteiger partial charge in [-0.05, 0) is 62.2 Å². The predicted octanol–water partition coefficient (Wildman–Crippen LogP) is 10.7.